The number of pyridine rings is 1. The minimum Gasteiger partial charge on any atom is -0.394 e. The molecule has 3 aliphatic rings. The molecule has 1 aromatic heterocycles. The molecule has 0 spiro atoms. The zero-order valence-corrected chi connectivity index (χ0v) is 27.5. The zero-order valence-electron chi connectivity index (χ0n) is 26.7. The molecule has 4 heterocycles. The van der Waals surface area contributed by atoms with Crippen LogP contribution in [0.3, 0.4) is 0 Å². The molecular formula is C36H38ClF2N3O7. The molecule has 13 heteroatoms. The summed E-state index contributed by atoms with van der Waals surface area (Å²) >= 11 is 5.91. The zero-order chi connectivity index (χ0) is 35.0. The number of halogens is 3. The van der Waals surface area contributed by atoms with Crippen LogP contribution in [0.1, 0.15) is 55.5 Å². The van der Waals surface area contributed by atoms with Gasteiger partial charge in [0.15, 0.2) is 5.82 Å². The summed E-state index contributed by atoms with van der Waals surface area (Å²) in [4.78, 5) is 33.3. The van der Waals surface area contributed by atoms with Gasteiger partial charge in [0.1, 0.15) is 30.2 Å². The molecule has 6 rings (SSSR count). The number of hydrogen-bond acceptors (Lipinski definition) is 8. The third kappa shape index (κ3) is 7.12. The van der Waals surface area contributed by atoms with Crippen LogP contribution in [0.15, 0.2) is 54.7 Å². The number of nitrogens with one attached hydrogen (secondary N) is 1. The summed E-state index contributed by atoms with van der Waals surface area (Å²) in [6, 6.07) is 10.8. The molecular weight excluding hydrogens is 660 g/mol. The second kappa shape index (κ2) is 14.6. The number of aliphatic hydroxyl groups is 4. The van der Waals surface area contributed by atoms with Crippen LogP contribution >= 0.6 is 11.6 Å². The fraction of sp³-hybridized carbons (Fsp3) is 0.417. The van der Waals surface area contributed by atoms with Gasteiger partial charge >= 0.3 is 0 Å². The molecule has 2 bridgehead atoms. The van der Waals surface area contributed by atoms with Gasteiger partial charge < -0.3 is 35.4 Å². The molecule has 7 atom stereocenters. The summed E-state index contributed by atoms with van der Waals surface area (Å²) in [5.74, 6) is -2.70. The molecule has 1 saturated heterocycles. The van der Waals surface area contributed by atoms with Gasteiger partial charge in [-0.25, -0.2) is 8.78 Å². The molecule has 10 nitrogen and oxygen atoms in total. The Hall–Kier alpha value is -3.78. The van der Waals surface area contributed by atoms with Crippen LogP contribution in [0.4, 0.5) is 14.5 Å². The van der Waals surface area contributed by atoms with Crippen LogP contribution < -0.4 is 5.32 Å². The molecule has 260 valence electrons. The van der Waals surface area contributed by atoms with Crippen molar-refractivity contribution in [3.63, 3.8) is 0 Å². The van der Waals surface area contributed by atoms with Crippen LogP contribution in [0.2, 0.25) is 5.02 Å². The van der Waals surface area contributed by atoms with Crippen molar-refractivity contribution in [3.05, 3.63) is 88.2 Å². The number of fused-ring (bicyclic) bond motifs is 4. The lowest BCUT2D eigenvalue weighted by molar-refractivity contribution is -0.228. The summed E-state index contributed by atoms with van der Waals surface area (Å²) in [5.41, 5.74) is 3.12. The third-order valence-corrected chi connectivity index (χ3v) is 10.0. The Kier molecular flexibility index (Phi) is 10.4. The number of hydrogen-bond donors (Lipinski definition) is 5. The second-order valence-corrected chi connectivity index (χ2v) is 13.3. The summed E-state index contributed by atoms with van der Waals surface area (Å²) in [7, 11) is 0. The highest BCUT2D eigenvalue weighted by atomic mass is 35.5. The number of amides is 2. The van der Waals surface area contributed by atoms with Gasteiger partial charge in [0.2, 0.25) is 11.8 Å². The Morgan fingerprint density at radius 3 is 2.55 bits per heavy atom. The largest absolute Gasteiger partial charge is 0.394 e. The SMILES string of the molecule is C[C@@H]1CCC[C@H](N2CCC(c3c(F)ccc(Cl)c3F)=CC2=O)c2cc(ccn2)-c2ccc(CC3O[C@H](CO)[C@@H](O)[C@H](O)[C@H]3O)cc2NC1=O. The number of carbonyl (C=O) groups excluding carboxylic acids is 2. The summed E-state index contributed by atoms with van der Waals surface area (Å²) in [6.07, 6.45) is -1.51. The Morgan fingerprint density at radius 2 is 1.80 bits per heavy atom. The molecule has 49 heavy (non-hydrogen) atoms. The highest BCUT2D eigenvalue weighted by Crippen LogP contribution is 2.38. The van der Waals surface area contributed by atoms with E-state index in [2.05, 4.69) is 10.3 Å². The topological polar surface area (TPSA) is 152 Å². The van der Waals surface area contributed by atoms with Crippen molar-refractivity contribution in [1.29, 1.82) is 0 Å². The molecule has 3 aromatic rings. The quantitative estimate of drug-likeness (QED) is 0.249. The van der Waals surface area contributed by atoms with Gasteiger partial charge in [-0.1, -0.05) is 37.1 Å². The van der Waals surface area contributed by atoms with Gasteiger partial charge in [0.25, 0.3) is 0 Å². The number of anilines is 1. The summed E-state index contributed by atoms with van der Waals surface area (Å²) < 4.78 is 35.2. The van der Waals surface area contributed by atoms with E-state index in [1.165, 1.54) is 6.08 Å². The smallest absolute Gasteiger partial charge is 0.247 e. The molecule has 1 fully saturated rings. The van der Waals surface area contributed by atoms with Crippen molar-refractivity contribution in [2.75, 3.05) is 18.5 Å². The van der Waals surface area contributed by atoms with E-state index in [-0.39, 0.29) is 47.4 Å². The van der Waals surface area contributed by atoms with Crippen LogP contribution in [0.5, 0.6) is 0 Å². The Balaban J connectivity index is 1.32. The van der Waals surface area contributed by atoms with Crippen molar-refractivity contribution < 1.29 is 43.5 Å². The maximum absolute atomic E-state index is 14.8. The molecule has 2 aromatic carbocycles. The van der Waals surface area contributed by atoms with Gasteiger partial charge in [0.05, 0.1) is 35.0 Å². The summed E-state index contributed by atoms with van der Waals surface area (Å²) in [5, 5.41) is 43.4. The van der Waals surface area contributed by atoms with Gasteiger partial charge in [-0.2, -0.15) is 0 Å². The summed E-state index contributed by atoms with van der Waals surface area (Å²) in [6.45, 7) is 1.48. The van der Waals surface area contributed by atoms with Crippen molar-refractivity contribution in [1.82, 2.24) is 9.88 Å². The number of carbonyl (C=O) groups is 2. The van der Waals surface area contributed by atoms with Crippen LogP contribution in [-0.4, -0.2) is 85.8 Å². The van der Waals surface area contributed by atoms with Crippen LogP contribution in [-0.2, 0) is 20.7 Å². The third-order valence-electron chi connectivity index (χ3n) is 9.71. The first kappa shape index (κ1) is 35.1. The minimum atomic E-state index is -1.50. The predicted octanol–water partition coefficient (Wildman–Crippen LogP) is 4.18. The van der Waals surface area contributed by atoms with Crippen LogP contribution in [0.25, 0.3) is 16.7 Å². The van der Waals surface area contributed by atoms with E-state index < -0.39 is 60.7 Å². The molecule has 3 aliphatic heterocycles. The normalized spacial score (nSPS) is 27.8. The van der Waals surface area contributed by atoms with Gasteiger partial charge in [-0.3, -0.25) is 14.6 Å². The number of aromatic nitrogens is 1. The van der Waals surface area contributed by atoms with E-state index in [9.17, 15) is 38.8 Å². The van der Waals surface area contributed by atoms with E-state index in [4.69, 9.17) is 16.3 Å². The van der Waals surface area contributed by atoms with Gasteiger partial charge in [0, 0.05) is 42.4 Å². The molecule has 0 aliphatic carbocycles. The van der Waals surface area contributed by atoms with Crippen LogP contribution in [0, 0.1) is 17.6 Å². The second-order valence-electron chi connectivity index (χ2n) is 12.9. The fourth-order valence-electron chi connectivity index (χ4n) is 6.90. The minimum absolute atomic E-state index is 0.124. The van der Waals surface area contributed by atoms with E-state index in [1.54, 1.807) is 29.3 Å². The highest BCUT2D eigenvalue weighted by Gasteiger charge is 2.43. The number of rotatable bonds is 5. The first-order chi connectivity index (χ1) is 23.5. The maximum atomic E-state index is 14.8. The Labute approximate surface area is 287 Å². The molecule has 0 radical (unpaired) electrons. The number of aliphatic hydroxyl groups excluding tert-OH is 4. The predicted molar refractivity (Wildman–Crippen MR) is 177 cm³/mol. The van der Waals surface area contributed by atoms with E-state index in [0.29, 0.717) is 41.8 Å². The average molecular weight is 698 g/mol. The number of nitrogens with zero attached hydrogens (tertiary/aromatic N) is 2. The lowest BCUT2D eigenvalue weighted by Crippen LogP contribution is -2.59. The first-order valence-electron chi connectivity index (χ1n) is 16.3. The number of benzene rings is 2. The lowest BCUT2D eigenvalue weighted by Gasteiger charge is -2.40. The van der Waals surface area contributed by atoms with Gasteiger partial charge in [-0.05, 0) is 66.3 Å². The van der Waals surface area contributed by atoms with E-state index in [0.717, 1.165) is 17.7 Å². The van der Waals surface area contributed by atoms with E-state index >= 15 is 0 Å². The molecule has 2 amide bonds. The van der Waals surface area contributed by atoms with Crippen molar-refractivity contribution in [2.45, 2.75) is 75.6 Å². The molecule has 5 N–H and O–H groups in total. The Morgan fingerprint density at radius 1 is 1.02 bits per heavy atom. The average Bonchev–Trinajstić information content (AvgIpc) is 3.09. The number of ether oxygens (including phenoxy) is 1. The first-order valence-corrected chi connectivity index (χ1v) is 16.7. The van der Waals surface area contributed by atoms with E-state index in [1.807, 2.05) is 19.1 Å². The maximum Gasteiger partial charge on any atom is 0.247 e. The fourth-order valence-corrected chi connectivity index (χ4v) is 7.06. The Bertz CT molecular complexity index is 1770. The van der Waals surface area contributed by atoms with Gasteiger partial charge in [-0.15, -0.1) is 0 Å². The van der Waals surface area contributed by atoms with Crippen molar-refractivity contribution >= 4 is 34.7 Å². The van der Waals surface area contributed by atoms with Crippen molar-refractivity contribution in [3.8, 4) is 11.1 Å². The highest BCUT2D eigenvalue weighted by molar-refractivity contribution is 6.31. The monoisotopic (exact) mass is 697 g/mol. The molecule has 0 saturated carbocycles. The molecule has 1 unspecified atom stereocenters. The standard InChI is InChI=1S/C36H38ClF2N3O7/c1-18-3-2-4-27(42-12-10-21(16-30(42)44)31-24(38)8-7-23(37)32(31)39)26-15-20(9-11-40-26)22-6-5-19(13-25(22)41-36(18)48)14-28-33(45)35(47)34(46)29(17-43)49-28/h5-9,11,13,15-16,18,27-29,33-35,43,45-47H,2-4,10,12,14,17H2,1H3,(H,41,48)/t18-,27+,28?,29-,33+,34-,35-/m1/s1. The van der Waals surface area contributed by atoms with Crippen molar-refractivity contribution in [2.24, 2.45) is 5.92 Å². The lowest BCUT2D eigenvalue weighted by atomic mass is 9.90.